The Hall–Kier alpha value is -0.960. The van der Waals surface area contributed by atoms with E-state index in [9.17, 15) is 14.5 Å². The molecule has 5 nitrogen and oxygen atoms in total. The van der Waals surface area contributed by atoms with Gasteiger partial charge in [0.15, 0.2) is 0 Å². The van der Waals surface area contributed by atoms with E-state index < -0.39 is 10.7 Å². The van der Waals surface area contributed by atoms with Gasteiger partial charge in [-0.05, 0) is 48.9 Å². The molecule has 0 spiro atoms. The Balaban J connectivity index is 2.43. The summed E-state index contributed by atoms with van der Waals surface area (Å²) in [6, 6.07) is 2.79. The van der Waals surface area contributed by atoms with Crippen LogP contribution < -0.4 is 10.2 Å². The van der Waals surface area contributed by atoms with E-state index in [4.69, 9.17) is 0 Å². The normalized spacial score (nSPS) is 19.1. The van der Waals surface area contributed by atoms with Gasteiger partial charge >= 0.3 is 0 Å². The molecule has 1 aromatic rings. The summed E-state index contributed by atoms with van der Waals surface area (Å²) in [6.07, 6.45) is 3.04. The van der Waals surface area contributed by atoms with Crippen molar-refractivity contribution in [2.75, 3.05) is 25.0 Å². The highest BCUT2D eigenvalue weighted by atomic mass is 127. The van der Waals surface area contributed by atoms with Crippen molar-refractivity contribution in [1.29, 1.82) is 0 Å². The van der Waals surface area contributed by atoms with Crippen molar-refractivity contribution in [1.82, 2.24) is 5.32 Å². The van der Waals surface area contributed by atoms with Gasteiger partial charge in [-0.15, -0.1) is 0 Å². The van der Waals surface area contributed by atoms with E-state index in [2.05, 4.69) is 5.32 Å². The molecule has 1 fully saturated rings. The number of hydrogen-bond acceptors (Lipinski definition) is 4. The average molecular weight is 393 g/mol. The molecule has 1 aliphatic rings. The lowest BCUT2D eigenvalue weighted by Crippen LogP contribution is -2.45. The van der Waals surface area contributed by atoms with Gasteiger partial charge in [0.05, 0.1) is 8.49 Å². The number of anilines is 1. The number of halogens is 2. The maximum atomic E-state index is 13.8. The predicted octanol–water partition coefficient (Wildman–Crippen LogP) is 2.92. The summed E-state index contributed by atoms with van der Waals surface area (Å²) >= 11 is 1.78. The summed E-state index contributed by atoms with van der Waals surface area (Å²) in [5.41, 5.74) is 0.381. The Morgan fingerprint density at radius 3 is 2.95 bits per heavy atom. The van der Waals surface area contributed by atoms with Crippen LogP contribution in [-0.4, -0.2) is 31.1 Å². The van der Waals surface area contributed by atoms with Crippen LogP contribution >= 0.6 is 22.6 Å². The number of rotatable bonds is 4. The smallest absolute Gasteiger partial charge is 0.293 e. The molecule has 0 bridgehead atoms. The summed E-state index contributed by atoms with van der Waals surface area (Å²) in [5.74, 6) is -0.403. The molecule has 1 atom stereocenters. The summed E-state index contributed by atoms with van der Waals surface area (Å²) < 4.78 is 14.1. The number of nitrogens with one attached hydrogen (secondary N) is 1. The zero-order valence-corrected chi connectivity index (χ0v) is 13.4. The molecular weight excluding hydrogens is 376 g/mol. The first-order chi connectivity index (χ1) is 9.54. The second-order valence-electron chi connectivity index (χ2n) is 4.91. The maximum absolute atomic E-state index is 13.8. The fourth-order valence-corrected chi connectivity index (χ4v) is 3.12. The van der Waals surface area contributed by atoms with E-state index in [1.165, 1.54) is 12.1 Å². The van der Waals surface area contributed by atoms with Crippen LogP contribution in [0.2, 0.25) is 0 Å². The van der Waals surface area contributed by atoms with Gasteiger partial charge in [0.2, 0.25) is 0 Å². The van der Waals surface area contributed by atoms with Crippen molar-refractivity contribution in [3.8, 4) is 0 Å². The van der Waals surface area contributed by atoms with Gasteiger partial charge in [0.25, 0.3) is 5.69 Å². The van der Waals surface area contributed by atoms with Gasteiger partial charge in [0, 0.05) is 31.3 Å². The number of nitro groups is 1. The van der Waals surface area contributed by atoms with Crippen molar-refractivity contribution in [3.05, 3.63) is 31.6 Å². The number of nitrogens with zero attached hydrogens (tertiary/aromatic N) is 2. The molecule has 1 aliphatic heterocycles. The molecule has 0 saturated carbocycles. The third-order valence-corrected chi connectivity index (χ3v) is 4.42. The second kappa shape index (κ2) is 6.66. The SMILES string of the molecule is CNCC1CCCCN1c1cc(F)c(I)cc1[N+](=O)[O-]. The van der Waals surface area contributed by atoms with Crippen LogP contribution in [0, 0.1) is 19.5 Å². The summed E-state index contributed by atoms with van der Waals surface area (Å²) in [4.78, 5) is 12.8. The van der Waals surface area contributed by atoms with Gasteiger partial charge in [-0.3, -0.25) is 10.1 Å². The maximum Gasteiger partial charge on any atom is 0.293 e. The molecular formula is C13H17FIN3O2. The van der Waals surface area contributed by atoms with Crippen LogP contribution in [0.4, 0.5) is 15.8 Å². The lowest BCUT2D eigenvalue weighted by molar-refractivity contribution is -0.384. The minimum absolute atomic E-state index is 0.0150. The highest BCUT2D eigenvalue weighted by Crippen LogP contribution is 2.35. The van der Waals surface area contributed by atoms with Crippen LogP contribution in [0.5, 0.6) is 0 Å². The Kier molecular flexibility index (Phi) is 5.14. The zero-order chi connectivity index (χ0) is 14.7. The van der Waals surface area contributed by atoms with E-state index in [0.29, 0.717) is 5.69 Å². The third-order valence-electron chi connectivity index (χ3n) is 3.59. The number of piperidine rings is 1. The summed E-state index contributed by atoms with van der Waals surface area (Å²) in [6.45, 7) is 1.47. The van der Waals surface area contributed by atoms with E-state index >= 15 is 0 Å². The molecule has 20 heavy (non-hydrogen) atoms. The van der Waals surface area contributed by atoms with Gasteiger partial charge in [-0.1, -0.05) is 0 Å². The molecule has 1 heterocycles. The van der Waals surface area contributed by atoms with Gasteiger partial charge < -0.3 is 10.2 Å². The molecule has 0 radical (unpaired) electrons. The highest BCUT2D eigenvalue weighted by molar-refractivity contribution is 14.1. The van der Waals surface area contributed by atoms with Crippen LogP contribution in [0.3, 0.4) is 0 Å². The van der Waals surface area contributed by atoms with Gasteiger partial charge in [-0.2, -0.15) is 0 Å². The summed E-state index contributed by atoms with van der Waals surface area (Å²) in [5, 5.41) is 14.3. The van der Waals surface area contributed by atoms with Crippen LogP contribution in [-0.2, 0) is 0 Å². The van der Waals surface area contributed by atoms with Crippen LogP contribution in [0.1, 0.15) is 19.3 Å². The predicted molar refractivity (Wildman–Crippen MR) is 84.7 cm³/mol. The van der Waals surface area contributed by atoms with Crippen molar-refractivity contribution >= 4 is 34.0 Å². The minimum atomic E-state index is -0.429. The lowest BCUT2D eigenvalue weighted by Gasteiger charge is -2.37. The molecule has 1 unspecified atom stereocenters. The molecule has 2 rings (SSSR count). The van der Waals surface area contributed by atoms with Crippen molar-refractivity contribution in [2.24, 2.45) is 0 Å². The lowest BCUT2D eigenvalue weighted by atomic mass is 10.0. The molecule has 1 N–H and O–H groups in total. The molecule has 0 aliphatic carbocycles. The van der Waals surface area contributed by atoms with Crippen molar-refractivity contribution < 1.29 is 9.31 Å². The fourth-order valence-electron chi connectivity index (χ4n) is 2.67. The van der Waals surface area contributed by atoms with Gasteiger partial charge in [0.1, 0.15) is 11.5 Å². The van der Waals surface area contributed by atoms with Crippen molar-refractivity contribution in [2.45, 2.75) is 25.3 Å². The molecule has 7 heteroatoms. The van der Waals surface area contributed by atoms with E-state index in [1.807, 2.05) is 11.9 Å². The Bertz CT molecular complexity index is 511. The number of nitro benzene ring substituents is 1. The molecule has 0 amide bonds. The molecule has 1 aromatic carbocycles. The second-order valence-corrected chi connectivity index (χ2v) is 6.08. The topological polar surface area (TPSA) is 58.4 Å². The quantitative estimate of drug-likeness (QED) is 0.486. The average Bonchev–Trinajstić information content (AvgIpc) is 2.42. The van der Waals surface area contributed by atoms with E-state index in [1.54, 1.807) is 22.6 Å². The highest BCUT2D eigenvalue weighted by Gasteiger charge is 2.29. The standard InChI is InChI=1S/C13H17FIN3O2/c1-16-8-9-4-2-3-5-17(9)12-6-10(14)11(15)7-13(12)18(19)20/h6-7,9,16H,2-5,8H2,1H3. The monoisotopic (exact) mass is 393 g/mol. The van der Waals surface area contributed by atoms with E-state index in [0.717, 1.165) is 32.4 Å². The first kappa shape index (κ1) is 15.4. The minimum Gasteiger partial charge on any atom is -0.362 e. The van der Waals surface area contributed by atoms with Crippen molar-refractivity contribution in [3.63, 3.8) is 0 Å². The van der Waals surface area contributed by atoms with Gasteiger partial charge in [-0.25, -0.2) is 4.39 Å². The zero-order valence-electron chi connectivity index (χ0n) is 11.2. The first-order valence-electron chi connectivity index (χ1n) is 6.59. The fraction of sp³-hybridized carbons (Fsp3) is 0.538. The number of hydrogen-bond donors (Lipinski definition) is 1. The number of likely N-dealkylation sites (N-methyl/N-ethyl adjacent to an activating group) is 1. The number of benzene rings is 1. The molecule has 1 saturated heterocycles. The Labute approximate surface area is 130 Å². The largest absolute Gasteiger partial charge is 0.362 e. The van der Waals surface area contributed by atoms with E-state index in [-0.39, 0.29) is 15.3 Å². The molecule has 110 valence electrons. The van der Waals surface area contributed by atoms with Crippen LogP contribution in [0.25, 0.3) is 0 Å². The third kappa shape index (κ3) is 3.20. The van der Waals surface area contributed by atoms with Crippen LogP contribution in [0.15, 0.2) is 12.1 Å². The Morgan fingerprint density at radius 1 is 1.55 bits per heavy atom. The first-order valence-corrected chi connectivity index (χ1v) is 7.67. The Morgan fingerprint density at radius 2 is 2.30 bits per heavy atom. The molecule has 0 aromatic heterocycles. The summed E-state index contributed by atoms with van der Waals surface area (Å²) in [7, 11) is 1.86.